The number of halogens is 3. The normalized spacial score (nSPS) is 16.3. The number of hydrogen-bond donors (Lipinski definition) is 1. The number of fused-ring (bicyclic) bond motifs is 1. The maximum Gasteiger partial charge on any atom is 0.573 e. The lowest BCUT2D eigenvalue weighted by Crippen LogP contribution is -2.55. The van der Waals surface area contributed by atoms with E-state index in [0.29, 0.717) is 50.6 Å². The number of hydrogen-bond acceptors (Lipinski definition) is 8. The van der Waals surface area contributed by atoms with Gasteiger partial charge in [0.25, 0.3) is 0 Å². The van der Waals surface area contributed by atoms with Crippen LogP contribution in [0.4, 0.5) is 18.9 Å². The molecule has 1 atom stereocenters. The number of rotatable bonds is 9. The largest absolute Gasteiger partial charge is 0.573 e. The van der Waals surface area contributed by atoms with E-state index >= 15 is 0 Å². The topological polar surface area (TPSA) is 78.4 Å². The molecule has 3 aromatic rings. The molecule has 1 saturated heterocycles. The van der Waals surface area contributed by atoms with Gasteiger partial charge >= 0.3 is 6.36 Å². The van der Waals surface area contributed by atoms with Crippen LogP contribution in [0.3, 0.4) is 0 Å². The van der Waals surface area contributed by atoms with Crippen molar-refractivity contribution in [1.29, 1.82) is 0 Å². The zero-order chi connectivity index (χ0) is 25.0. The van der Waals surface area contributed by atoms with Gasteiger partial charge in [0, 0.05) is 38.8 Å². The van der Waals surface area contributed by atoms with Crippen molar-refractivity contribution in [2.24, 2.45) is 0 Å². The number of aryl methyl sites for hydroxylation is 1. The van der Waals surface area contributed by atoms with E-state index in [0.717, 1.165) is 15.2 Å². The zero-order valence-corrected chi connectivity index (χ0v) is 19.8. The summed E-state index contributed by atoms with van der Waals surface area (Å²) in [7, 11) is 0. The van der Waals surface area contributed by atoms with Crippen LogP contribution in [0.1, 0.15) is 5.01 Å². The second kappa shape index (κ2) is 10.8. The van der Waals surface area contributed by atoms with Crippen molar-refractivity contribution in [1.82, 2.24) is 14.9 Å². The fourth-order valence-corrected chi connectivity index (χ4v) is 4.69. The lowest BCUT2D eigenvalue weighted by atomic mass is 10.2. The van der Waals surface area contributed by atoms with Crippen LogP contribution in [0.25, 0.3) is 10.2 Å². The molecule has 4 rings (SSSR count). The number of piperazine rings is 1. The van der Waals surface area contributed by atoms with Gasteiger partial charge in [-0.2, -0.15) is 0 Å². The SMILES string of the molecule is Cc1nc2cc(OC[C@H](O)CN3CCN(N(C=O)c4ccc(OC(F)(F)F)cc4)CC3)ccc2s1. The minimum Gasteiger partial charge on any atom is -0.491 e. The lowest BCUT2D eigenvalue weighted by Gasteiger charge is -2.39. The van der Waals surface area contributed by atoms with Gasteiger partial charge < -0.3 is 14.6 Å². The number of thiazole rings is 1. The number of carbonyl (C=O) groups excluding carboxylic acids is 1. The van der Waals surface area contributed by atoms with E-state index in [1.807, 2.05) is 25.1 Å². The predicted octanol–water partition coefficient (Wildman–Crippen LogP) is 3.44. The molecule has 0 bridgehead atoms. The quantitative estimate of drug-likeness (QED) is 0.442. The van der Waals surface area contributed by atoms with E-state index in [-0.39, 0.29) is 12.4 Å². The number of aliphatic hydroxyl groups excluding tert-OH is 1. The molecular formula is C23H25F3N4O4S. The van der Waals surface area contributed by atoms with Crippen LogP contribution in [0.5, 0.6) is 11.5 Å². The van der Waals surface area contributed by atoms with Crippen molar-refractivity contribution >= 4 is 33.7 Å². The molecule has 0 radical (unpaired) electrons. The van der Waals surface area contributed by atoms with Gasteiger partial charge in [0.2, 0.25) is 6.41 Å². The third kappa shape index (κ3) is 6.82. The first-order chi connectivity index (χ1) is 16.7. The Morgan fingerprint density at radius 3 is 2.49 bits per heavy atom. The summed E-state index contributed by atoms with van der Waals surface area (Å²) in [5.41, 5.74) is 1.31. The highest BCUT2D eigenvalue weighted by atomic mass is 32.1. The molecule has 1 fully saturated rings. The maximum atomic E-state index is 12.3. The average molecular weight is 511 g/mol. The molecular weight excluding hydrogens is 485 g/mol. The van der Waals surface area contributed by atoms with Crippen molar-refractivity contribution in [3.63, 3.8) is 0 Å². The summed E-state index contributed by atoms with van der Waals surface area (Å²) in [5.74, 6) is 0.301. The average Bonchev–Trinajstić information content (AvgIpc) is 3.18. The Hall–Kier alpha value is -2.93. The van der Waals surface area contributed by atoms with Gasteiger partial charge in [-0.3, -0.25) is 9.69 Å². The molecule has 1 aromatic heterocycles. The van der Waals surface area contributed by atoms with Crippen molar-refractivity contribution in [2.45, 2.75) is 19.4 Å². The van der Waals surface area contributed by atoms with E-state index in [1.54, 1.807) is 16.3 Å². The second-order valence-corrected chi connectivity index (χ2v) is 9.31. The first kappa shape index (κ1) is 25.2. The third-order valence-corrected chi connectivity index (χ3v) is 6.42. The molecule has 0 spiro atoms. The Kier molecular flexibility index (Phi) is 7.75. The molecule has 1 N–H and O–H groups in total. The molecule has 1 amide bonds. The van der Waals surface area contributed by atoms with Gasteiger partial charge in [-0.25, -0.2) is 15.0 Å². The minimum absolute atomic E-state index is 0.141. The molecule has 1 aliphatic rings. The number of nitrogens with zero attached hydrogens (tertiary/aromatic N) is 4. The highest BCUT2D eigenvalue weighted by Crippen LogP contribution is 2.27. The summed E-state index contributed by atoms with van der Waals surface area (Å²) in [6.07, 6.45) is -4.84. The molecule has 2 aromatic carbocycles. The van der Waals surface area contributed by atoms with E-state index in [2.05, 4.69) is 14.6 Å². The smallest absolute Gasteiger partial charge is 0.491 e. The number of ether oxygens (including phenoxy) is 2. The molecule has 1 aliphatic heterocycles. The molecule has 35 heavy (non-hydrogen) atoms. The van der Waals surface area contributed by atoms with Gasteiger partial charge in [-0.05, 0) is 43.3 Å². The highest BCUT2D eigenvalue weighted by molar-refractivity contribution is 7.18. The summed E-state index contributed by atoms with van der Waals surface area (Å²) >= 11 is 1.61. The summed E-state index contributed by atoms with van der Waals surface area (Å²) in [4.78, 5) is 18.2. The van der Waals surface area contributed by atoms with Crippen LogP contribution >= 0.6 is 11.3 Å². The summed E-state index contributed by atoms with van der Waals surface area (Å²) < 4.78 is 47.7. The summed E-state index contributed by atoms with van der Waals surface area (Å²) in [5, 5.41) is 14.6. The van der Waals surface area contributed by atoms with Crippen molar-refractivity contribution in [3.05, 3.63) is 47.5 Å². The van der Waals surface area contributed by atoms with Crippen molar-refractivity contribution in [2.75, 3.05) is 44.3 Å². The molecule has 188 valence electrons. The van der Waals surface area contributed by atoms with E-state index in [1.165, 1.54) is 29.3 Å². The Morgan fingerprint density at radius 2 is 1.83 bits per heavy atom. The van der Waals surface area contributed by atoms with Crippen LogP contribution in [0.15, 0.2) is 42.5 Å². The Labute approximate surface area is 204 Å². The minimum atomic E-state index is -4.77. The Balaban J connectivity index is 1.24. The molecule has 0 saturated carbocycles. The van der Waals surface area contributed by atoms with Crippen LogP contribution in [0, 0.1) is 6.92 Å². The maximum absolute atomic E-state index is 12.3. The Bertz CT molecular complexity index is 1130. The van der Waals surface area contributed by atoms with Crippen LogP contribution in [-0.2, 0) is 4.79 Å². The molecule has 12 heteroatoms. The number of aromatic nitrogens is 1. The molecule has 0 aliphatic carbocycles. The summed E-state index contributed by atoms with van der Waals surface area (Å²) in [6, 6.07) is 10.8. The molecule has 2 heterocycles. The van der Waals surface area contributed by atoms with Gasteiger partial charge in [0.05, 0.1) is 20.9 Å². The number of β-amino-alcohol motifs (C(OH)–C–C–N with tert-alkyl or cyclic N) is 1. The van der Waals surface area contributed by atoms with E-state index < -0.39 is 12.5 Å². The van der Waals surface area contributed by atoms with E-state index in [4.69, 9.17) is 4.74 Å². The Morgan fingerprint density at radius 1 is 1.14 bits per heavy atom. The molecule has 0 unspecified atom stereocenters. The lowest BCUT2D eigenvalue weighted by molar-refractivity contribution is -0.274. The highest BCUT2D eigenvalue weighted by Gasteiger charge is 2.31. The van der Waals surface area contributed by atoms with E-state index in [9.17, 15) is 23.1 Å². The van der Waals surface area contributed by atoms with Crippen LogP contribution in [-0.4, -0.2) is 78.2 Å². The fourth-order valence-electron chi connectivity index (χ4n) is 3.88. The zero-order valence-electron chi connectivity index (χ0n) is 18.9. The van der Waals surface area contributed by atoms with Crippen LogP contribution < -0.4 is 14.5 Å². The summed E-state index contributed by atoms with van der Waals surface area (Å²) in [6.45, 7) is 4.71. The number of alkyl halides is 3. The van der Waals surface area contributed by atoms with Gasteiger partial charge in [-0.1, -0.05) is 0 Å². The number of carbonyl (C=O) groups is 1. The predicted molar refractivity (Wildman–Crippen MR) is 126 cm³/mol. The van der Waals surface area contributed by atoms with Crippen LogP contribution in [0.2, 0.25) is 0 Å². The fraction of sp³-hybridized carbons (Fsp3) is 0.391. The third-order valence-electron chi connectivity index (χ3n) is 5.47. The first-order valence-electron chi connectivity index (χ1n) is 11.0. The number of amides is 1. The molecule has 8 nitrogen and oxygen atoms in total. The number of hydrazine groups is 1. The van der Waals surface area contributed by atoms with Crippen molar-refractivity contribution < 1.29 is 32.5 Å². The van der Waals surface area contributed by atoms with Gasteiger partial charge in [-0.15, -0.1) is 24.5 Å². The monoisotopic (exact) mass is 510 g/mol. The number of aliphatic hydroxyl groups is 1. The van der Waals surface area contributed by atoms with Gasteiger partial charge in [0.1, 0.15) is 24.2 Å². The number of benzene rings is 2. The number of anilines is 1. The van der Waals surface area contributed by atoms with Gasteiger partial charge in [0.15, 0.2) is 0 Å². The second-order valence-electron chi connectivity index (χ2n) is 8.07. The standard InChI is InChI=1S/C23H25F3N4O4S/c1-16-27-21-12-20(6-7-22(21)35-16)33-14-18(32)13-28-8-10-29(11-9-28)30(15-31)17-2-4-19(5-3-17)34-23(24,25)26/h2-7,12,15,18,32H,8-11,13-14H2,1H3/t18-/m1/s1. The first-order valence-corrected chi connectivity index (χ1v) is 11.8. The van der Waals surface area contributed by atoms with Crippen molar-refractivity contribution in [3.8, 4) is 11.5 Å².